The monoisotopic (exact) mass is 398 g/mol. The number of imidazole rings is 1. The number of methoxy groups -OCH3 is 1. The van der Waals surface area contributed by atoms with E-state index in [1.54, 1.807) is 7.11 Å². The van der Waals surface area contributed by atoms with Crippen molar-refractivity contribution in [1.29, 1.82) is 0 Å². The molecule has 28 heavy (non-hydrogen) atoms. The van der Waals surface area contributed by atoms with Crippen LogP contribution in [0.5, 0.6) is 0 Å². The number of nitrogens with zero attached hydrogens (tertiary/aromatic N) is 3. The van der Waals surface area contributed by atoms with Crippen molar-refractivity contribution in [1.82, 2.24) is 14.5 Å². The summed E-state index contributed by atoms with van der Waals surface area (Å²) in [5.41, 5.74) is 10.2. The number of anilines is 1. The summed E-state index contributed by atoms with van der Waals surface area (Å²) in [7, 11) is 1.72. The third kappa shape index (κ3) is 4.50. The van der Waals surface area contributed by atoms with E-state index in [0.29, 0.717) is 5.82 Å². The Labute approximate surface area is 171 Å². The lowest BCUT2D eigenvalue weighted by molar-refractivity contribution is 0.109. The van der Waals surface area contributed by atoms with Gasteiger partial charge in [0.2, 0.25) is 0 Å². The summed E-state index contributed by atoms with van der Waals surface area (Å²) < 4.78 is 7.85. The van der Waals surface area contributed by atoms with Crippen molar-refractivity contribution >= 4 is 28.6 Å². The highest BCUT2D eigenvalue weighted by Gasteiger charge is 2.20. The molecule has 2 heterocycles. The molecule has 0 aliphatic heterocycles. The number of ether oxygens (including phenoxy) is 1. The fourth-order valence-electron chi connectivity index (χ4n) is 3.42. The molecule has 3 aromatic rings. The molecule has 1 atom stereocenters. The van der Waals surface area contributed by atoms with Crippen molar-refractivity contribution in [2.75, 3.05) is 18.6 Å². The normalized spacial score (nSPS) is 12.6. The molecule has 0 aliphatic rings. The van der Waals surface area contributed by atoms with Gasteiger partial charge in [0.15, 0.2) is 5.82 Å². The zero-order valence-electron chi connectivity index (χ0n) is 17.2. The minimum atomic E-state index is -0.0832. The maximum atomic E-state index is 6.17. The van der Waals surface area contributed by atoms with Gasteiger partial charge in [-0.2, -0.15) is 0 Å². The van der Waals surface area contributed by atoms with Crippen molar-refractivity contribution in [3.05, 3.63) is 47.4 Å². The van der Waals surface area contributed by atoms with E-state index >= 15 is 0 Å². The van der Waals surface area contributed by atoms with Crippen LogP contribution in [-0.2, 0) is 11.3 Å². The number of hydrogen-bond acceptors (Lipinski definition) is 5. The Bertz CT molecular complexity index is 923. The van der Waals surface area contributed by atoms with Crippen LogP contribution < -0.4 is 5.73 Å². The quantitative estimate of drug-likeness (QED) is 0.391. The molecule has 0 bridgehead atoms. The average molecular weight is 399 g/mol. The number of aryl methyl sites for hydroxylation is 3. The van der Waals surface area contributed by atoms with Gasteiger partial charge in [0.25, 0.3) is 0 Å². The van der Waals surface area contributed by atoms with Gasteiger partial charge >= 0.3 is 0 Å². The van der Waals surface area contributed by atoms with Gasteiger partial charge in [0.05, 0.1) is 5.52 Å². The van der Waals surface area contributed by atoms with Gasteiger partial charge in [0, 0.05) is 24.2 Å². The van der Waals surface area contributed by atoms with Gasteiger partial charge in [-0.3, -0.25) is 0 Å². The molecule has 0 radical (unpaired) electrons. The first-order valence-electron chi connectivity index (χ1n) is 9.86. The average Bonchev–Trinajstić information content (AvgIpc) is 3.09. The van der Waals surface area contributed by atoms with Crippen LogP contribution in [0.1, 0.15) is 49.4 Å². The Morgan fingerprint density at radius 1 is 1.11 bits per heavy atom. The molecule has 3 rings (SSSR count). The van der Waals surface area contributed by atoms with Gasteiger partial charge in [-0.15, -0.1) is 11.8 Å². The topological polar surface area (TPSA) is 66.0 Å². The van der Waals surface area contributed by atoms with Crippen molar-refractivity contribution < 1.29 is 4.74 Å². The van der Waals surface area contributed by atoms with E-state index in [1.165, 1.54) is 17.7 Å². The Morgan fingerprint density at radius 2 is 1.86 bits per heavy atom. The SMILES string of the molecule is COC(C)c1nc2c(N)nc(C)c(C)c2n1CCCCCSc1ccccc1. The summed E-state index contributed by atoms with van der Waals surface area (Å²) in [6, 6.07) is 10.6. The number of nitrogens with two attached hydrogens (primary N) is 1. The maximum absolute atomic E-state index is 6.17. The first-order chi connectivity index (χ1) is 13.5. The second kappa shape index (κ2) is 9.43. The molecule has 2 N–H and O–H groups in total. The van der Waals surface area contributed by atoms with E-state index in [9.17, 15) is 0 Å². The molecule has 0 spiro atoms. The Kier molecular flexibility index (Phi) is 6.97. The number of hydrogen-bond donors (Lipinski definition) is 1. The number of thioether (sulfide) groups is 1. The number of rotatable bonds is 9. The van der Waals surface area contributed by atoms with E-state index in [2.05, 4.69) is 46.8 Å². The van der Waals surface area contributed by atoms with E-state index in [4.69, 9.17) is 15.5 Å². The number of benzene rings is 1. The van der Waals surface area contributed by atoms with E-state index < -0.39 is 0 Å². The molecule has 0 fully saturated rings. The number of aromatic nitrogens is 3. The fraction of sp³-hybridized carbons (Fsp3) is 0.455. The summed E-state index contributed by atoms with van der Waals surface area (Å²) >= 11 is 1.92. The predicted molar refractivity (Wildman–Crippen MR) is 118 cm³/mol. The number of fused-ring (bicyclic) bond motifs is 1. The van der Waals surface area contributed by atoms with Crippen LogP contribution in [0.25, 0.3) is 11.0 Å². The van der Waals surface area contributed by atoms with Crippen molar-refractivity contribution in [2.24, 2.45) is 0 Å². The molecule has 5 nitrogen and oxygen atoms in total. The molecule has 1 unspecified atom stereocenters. The van der Waals surface area contributed by atoms with E-state index in [-0.39, 0.29) is 6.10 Å². The number of unbranched alkanes of at least 4 members (excludes halogenated alkanes) is 2. The Balaban J connectivity index is 1.69. The zero-order chi connectivity index (χ0) is 20.1. The highest BCUT2D eigenvalue weighted by molar-refractivity contribution is 7.99. The molecule has 0 aliphatic carbocycles. The fourth-order valence-corrected chi connectivity index (χ4v) is 4.35. The molecule has 6 heteroatoms. The van der Waals surface area contributed by atoms with Crippen LogP contribution in [0.3, 0.4) is 0 Å². The van der Waals surface area contributed by atoms with Crippen molar-refractivity contribution in [3.63, 3.8) is 0 Å². The minimum absolute atomic E-state index is 0.0832. The second-order valence-electron chi connectivity index (χ2n) is 7.13. The summed E-state index contributed by atoms with van der Waals surface area (Å²) in [6.07, 6.45) is 3.40. The lowest BCUT2D eigenvalue weighted by Gasteiger charge is -2.15. The zero-order valence-corrected chi connectivity index (χ0v) is 18.1. The minimum Gasteiger partial charge on any atom is -0.382 e. The van der Waals surface area contributed by atoms with Gasteiger partial charge in [-0.1, -0.05) is 24.6 Å². The van der Waals surface area contributed by atoms with Gasteiger partial charge in [-0.25, -0.2) is 9.97 Å². The standard InChI is InChI=1S/C22H30N4OS/c1-15-16(2)24-21(23)19-20(15)26(22(25-19)17(3)27-4)13-9-6-10-14-28-18-11-7-5-8-12-18/h5,7-8,11-12,17H,6,9-10,13-14H2,1-4H3,(H2,23,24). The molecular formula is C22H30N4OS. The molecule has 0 amide bonds. The first kappa shape index (κ1) is 20.7. The molecular weight excluding hydrogens is 368 g/mol. The van der Waals surface area contributed by atoms with Crippen LogP contribution in [0, 0.1) is 13.8 Å². The summed E-state index contributed by atoms with van der Waals surface area (Å²) in [5.74, 6) is 2.57. The molecule has 0 saturated heterocycles. The van der Waals surface area contributed by atoms with E-state index in [1.807, 2.05) is 25.6 Å². The third-order valence-corrected chi connectivity index (χ3v) is 6.28. The van der Waals surface area contributed by atoms with E-state index in [0.717, 1.165) is 46.8 Å². The van der Waals surface area contributed by atoms with Crippen molar-refractivity contribution in [3.8, 4) is 0 Å². The third-order valence-electron chi connectivity index (χ3n) is 5.18. The lowest BCUT2D eigenvalue weighted by Crippen LogP contribution is -2.09. The van der Waals surface area contributed by atoms with Crippen LogP contribution >= 0.6 is 11.8 Å². The van der Waals surface area contributed by atoms with Gasteiger partial charge in [-0.05, 0) is 57.1 Å². The Morgan fingerprint density at radius 3 is 2.57 bits per heavy atom. The molecule has 2 aromatic heterocycles. The van der Waals surface area contributed by atoms with Crippen LogP contribution in [-0.4, -0.2) is 27.4 Å². The van der Waals surface area contributed by atoms with Gasteiger partial charge in [0.1, 0.15) is 17.4 Å². The smallest absolute Gasteiger partial charge is 0.151 e. The summed E-state index contributed by atoms with van der Waals surface area (Å²) in [5, 5.41) is 0. The highest BCUT2D eigenvalue weighted by Crippen LogP contribution is 2.29. The molecule has 150 valence electrons. The summed E-state index contributed by atoms with van der Waals surface area (Å²) in [4.78, 5) is 10.6. The highest BCUT2D eigenvalue weighted by atomic mass is 32.2. The lowest BCUT2D eigenvalue weighted by atomic mass is 10.2. The Hall–Kier alpha value is -2.05. The van der Waals surface area contributed by atoms with Crippen LogP contribution in [0.2, 0.25) is 0 Å². The number of nitrogen functional groups attached to an aromatic ring is 1. The second-order valence-corrected chi connectivity index (χ2v) is 8.29. The van der Waals surface area contributed by atoms with Crippen LogP contribution in [0.15, 0.2) is 35.2 Å². The van der Waals surface area contributed by atoms with Crippen molar-refractivity contribution in [2.45, 2.75) is 57.6 Å². The number of pyridine rings is 1. The predicted octanol–water partition coefficient (Wildman–Crippen LogP) is 5.30. The largest absolute Gasteiger partial charge is 0.382 e. The van der Waals surface area contributed by atoms with Crippen LogP contribution in [0.4, 0.5) is 5.82 Å². The van der Waals surface area contributed by atoms with Gasteiger partial charge < -0.3 is 15.0 Å². The maximum Gasteiger partial charge on any atom is 0.151 e. The molecule has 1 aromatic carbocycles. The summed E-state index contributed by atoms with van der Waals surface area (Å²) in [6.45, 7) is 7.04. The first-order valence-corrected chi connectivity index (χ1v) is 10.8. The molecule has 0 saturated carbocycles.